The van der Waals surface area contributed by atoms with Crippen LogP contribution < -0.4 is 15.5 Å². The van der Waals surface area contributed by atoms with E-state index in [0.717, 1.165) is 37.6 Å². The van der Waals surface area contributed by atoms with E-state index in [9.17, 15) is 14.3 Å². The Bertz CT molecular complexity index is 1170. The number of carbonyl (C=O) groups excluding carboxylic acids is 1. The van der Waals surface area contributed by atoms with Crippen LogP contribution in [0.15, 0.2) is 54.7 Å². The molecule has 2 aromatic carbocycles. The number of phenolic OH excluding ortho intramolecular Hbond substituents is 1. The van der Waals surface area contributed by atoms with Crippen LogP contribution in [0, 0.1) is 11.2 Å². The maximum absolute atomic E-state index is 14.4. The molecule has 31 heavy (non-hydrogen) atoms. The number of carbonyl (C=O) groups is 1. The van der Waals surface area contributed by atoms with Crippen molar-refractivity contribution in [1.29, 1.82) is 0 Å². The van der Waals surface area contributed by atoms with Crippen LogP contribution in [-0.4, -0.2) is 42.2 Å². The molecule has 2 fully saturated rings. The third-order valence-electron chi connectivity index (χ3n) is 6.06. The Morgan fingerprint density at radius 3 is 2.45 bits per heavy atom. The molecule has 3 aromatic rings. The molecule has 1 aromatic heterocycles. The van der Waals surface area contributed by atoms with E-state index in [1.165, 1.54) is 19.1 Å². The summed E-state index contributed by atoms with van der Waals surface area (Å²) >= 11 is 0. The highest BCUT2D eigenvalue weighted by Gasteiger charge is 2.47. The van der Waals surface area contributed by atoms with Crippen LogP contribution in [0.2, 0.25) is 0 Å². The van der Waals surface area contributed by atoms with Gasteiger partial charge in [-0.05, 0) is 35.4 Å². The van der Waals surface area contributed by atoms with Gasteiger partial charge in [0.1, 0.15) is 17.4 Å². The Kier molecular flexibility index (Phi) is 4.63. The number of hydrogen-bond acceptors (Lipinski definition) is 5. The summed E-state index contributed by atoms with van der Waals surface area (Å²) in [4.78, 5) is 18.0. The average molecular weight is 418 g/mol. The Balaban J connectivity index is 1.44. The number of amides is 1. The molecule has 2 aliphatic heterocycles. The van der Waals surface area contributed by atoms with Crippen molar-refractivity contribution < 1.29 is 14.3 Å². The molecule has 2 saturated heterocycles. The van der Waals surface area contributed by atoms with Crippen LogP contribution in [0.25, 0.3) is 22.3 Å². The van der Waals surface area contributed by atoms with E-state index >= 15 is 0 Å². The fourth-order valence-electron chi connectivity index (χ4n) is 4.37. The van der Waals surface area contributed by atoms with Crippen LogP contribution in [-0.2, 0) is 4.79 Å². The number of aromatic hydroxyl groups is 1. The second kappa shape index (κ2) is 7.35. The van der Waals surface area contributed by atoms with Gasteiger partial charge in [-0.1, -0.05) is 24.3 Å². The van der Waals surface area contributed by atoms with E-state index in [-0.39, 0.29) is 17.3 Å². The van der Waals surface area contributed by atoms with Gasteiger partial charge in [-0.15, -0.1) is 0 Å². The van der Waals surface area contributed by atoms with Crippen LogP contribution in [0.3, 0.4) is 0 Å². The van der Waals surface area contributed by atoms with Crippen LogP contribution in [0.4, 0.5) is 15.9 Å². The zero-order valence-electron chi connectivity index (χ0n) is 17.2. The summed E-state index contributed by atoms with van der Waals surface area (Å²) in [5, 5.41) is 16.8. The highest BCUT2D eigenvalue weighted by Crippen LogP contribution is 2.41. The molecule has 0 radical (unpaired) electrons. The number of pyridine rings is 1. The minimum Gasteiger partial charge on any atom is -0.507 e. The maximum atomic E-state index is 14.4. The van der Waals surface area contributed by atoms with E-state index < -0.39 is 5.82 Å². The molecule has 0 saturated carbocycles. The molecular weight excluding hydrogens is 395 g/mol. The van der Waals surface area contributed by atoms with Gasteiger partial charge in [0.15, 0.2) is 0 Å². The fourth-order valence-corrected chi connectivity index (χ4v) is 4.37. The van der Waals surface area contributed by atoms with E-state index in [2.05, 4.69) is 20.5 Å². The first-order valence-electron chi connectivity index (χ1n) is 10.3. The molecule has 2 aliphatic rings. The average Bonchev–Trinajstić information content (AvgIpc) is 2.68. The lowest BCUT2D eigenvalue weighted by Crippen LogP contribution is -2.71. The van der Waals surface area contributed by atoms with Crippen molar-refractivity contribution in [3.63, 3.8) is 0 Å². The van der Waals surface area contributed by atoms with Crippen molar-refractivity contribution in [3.05, 3.63) is 60.5 Å². The molecule has 1 spiro atoms. The summed E-state index contributed by atoms with van der Waals surface area (Å²) < 4.78 is 14.4. The zero-order valence-corrected chi connectivity index (χ0v) is 17.2. The van der Waals surface area contributed by atoms with Gasteiger partial charge < -0.3 is 20.6 Å². The first-order chi connectivity index (χ1) is 14.9. The van der Waals surface area contributed by atoms with Gasteiger partial charge in [-0.2, -0.15) is 0 Å². The van der Waals surface area contributed by atoms with E-state index in [1.54, 1.807) is 18.3 Å². The number of phenols is 1. The second-order valence-corrected chi connectivity index (χ2v) is 8.44. The Labute approximate surface area is 179 Å². The van der Waals surface area contributed by atoms with Gasteiger partial charge in [-0.3, -0.25) is 4.79 Å². The summed E-state index contributed by atoms with van der Waals surface area (Å²) in [5.41, 5.74) is 3.07. The molecule has 3 heterocycles. The monoisotopic (exact) mass is 418 g/mol. The molecule has 0 bridgehead atoms. The van der Waals surface area contributed by atoms with Gasteiger partial charge in [0.25, 0.3) is 0 Å². The molecule has 1 amide bonds. The Morgan fingerprint density at radius 1 is 1.13 bits per heavy atom. The number of rotatable bonds is 4. The number of anilines is 2. The van der Waals surface area contributed by atoms with E-state index in [1.807, 2.05) is 24.3 Å². The molecule has 3 N–H and O–H groups in total. The number of para-hydroxylation sites is 1. The van der Waals surface area contributed by atoms with Gasteiger partial charge in [0, 0.05) is 55.8 Å². The quantitative estimate of drug-likeness (QED) is 0.603. The first-order valence-corrected chi connectivity index (χ1v) is 10.3. The van der Waals surface area contributed by atoms with Crippen molar-refractivity contribution in [2.45, 2.75) is 6.92 Å². The minimum atomic E-state index is -0.555. The van der Waals surface area contributed by atoms with Crippen molar-refractivity contribution in [2.24, 2.45) is 5.41 Å². The maximum Gasteiger partial charge on any atom is 0.221 e. The number of halogens is 1. The van der Waals surface area contributed by atoms with Crippen LogP contribution >= 0.6 is 0 Å². The summed E-state index contributed by atoms with van der Waals surface area (Å²) in [6.45, 7) is 5.42. The summed E-state index contributed by atoms with van der Waals surface area (Å²) in [5.74, 6) is 0.0766. The standard InChI is InChI=1S/C24H23FN4O2/c1-15(30)28-21-6-5-16(9-20(21)25)18-3-2-4-19(23(18)31)17-7-8-27-22(10-17)29-13-24(14-29)11-26-12-24/h2-10,26,31H,11-14H2,1H3,(H,28,30). The number of nitrogens with one attached hydrogen (secondary N) is 2. The van der Waals surface area contributed by atoms with E-state index in [0.29, 0.717) is 22.1 Å². The highest BCUT2D eigenvalue weighted by molar-refractivity contribution is 5.89. The van der Waals surface area contributed by atoms with Crippen molar-refractivity contribution >= 4 is 17.4 Å². The smallest absolute Gasteiger partial charge is 0.221 e. The zero-order chi connectivity index (χ0) is 21.6. The van der Waals surface area contributed by atoms with Gasteiger partial charge in [-0.25, -0.2) is 9.37 Å². The Hall–Kier alpha value is -3.45. The van der Waals surface area contributed by atoms with Crippen molar-refractivity contribution in [2.75, 3.05) is 36.4 Å². The predicted molar refractivity (Wildman–Crippen MR) is 119 cm³/mol. The molecule has 6 nitrogen and oxygen atoms in total. The molecule has 7 heteroatoms. The molecule has 5 rings (SSSR count). The SMILES string of the molecule is CC(=O)Nc1ccc(-c2cccc(-c3ccnc(N4CC5(CNC5)C4)c3)c2O)cc1F. The largest absolute Gasteiger partial charge is 0.507 e. The van der Waals surface area contributed by atoms with Crippen LogP contribution in [0.1, 0.15) is 6.92 Å². The number of benzene rings is 2. The lowest BCUT2D eigenvalue weighted by molar-refractivity contribution is -0.114. The van der Waals surface area contributed by atoms with Gasteiger partial charge >= 0.3 is 0 Å². The third kappa shape index (κ3) is 3.51. The summed E-state index contributed by atoms with van der Waals surface area (Å²) in [6, 6.07) is 13.8. The fraction of sp³-hybridized carbons (Fsp3) is 0.250. The van der Waals surface area contributed by atoms with Crippen LogP contribution in [0.5, 0.6) is 5.75 Å². The van der Waals surface area contributed by atoms with E-state index in [4.69, 9.17) is 0 Å². The predicted octanol–water partition coefficient (Wildman–Crippen LogP) is 3.63. The van der Waals surface area contributed by atoms with Crippen molar-refractivity contribution in [3.8, 4) is 28.0 Å². The highest BCUT2D eigenvalue weighted by atomic mass is 19.1. The van der Waals surface area contributed by atoms with Gasteiger partial charge in [0.05, 0.1) is 5.69 Å². The molecule has 0 atom stereocenters. The second-order valence-electron chi connectivity index (χ2n) is 8.44. The summed E-state index contributed by atoms with van der Waals surface area (Å²) in [7, 11) is 0. The van der Waals surface area contributed by atoms with Crippen molar-refractivity contribution in [1.82, 2.24) is 10.3 Å². The lowest BCUT2D eigenvalue weighted by Gasteiger charge is -2.56. The first kappa shape index (κ1) is 19.5. The molecule has 158 valence electrons. The summed E-state index contributed by atoms with van der Waals surface area (Å²) in [6.07, 6.45) is 1.75. The normalized spacial score (nSPS) is 16.5. The Morgan fingerprint density at radius 2 is 1.84 bits per heavy atom. The minimum absolute atomic E-state index is 0.0783. The van der Waals surface area contributed by atoms with Gasteiger partial charge in [0.2, 0.25) is 5.91 Å². The number of hydrogen-bond donors (Lipinski definition) is 3. The molecule has 0 unspecified atom stereocenters. The number of nitrogens with zero attached hydrogens (tertiary/aromatic N) is 2. The molecular formula is C24H23FN4O2. The number of aromatic nitrogens is 1. The topological polar surface area (TPSA) is 77.5 Å². The lowest BCUT2D eigenvalue weighted by atomic mass is 9.74. The third-order valence-corrected chi connectivity index (χ3v) is 6.06. The molecule has 0 aliphatic carbocycles.